The van der Waals surface area contributed by atoms with Crippen LogP contribution in [0.1, 0.15) is 23.7 Å². The molecule has 0 fully saturated rings. The minimum absolute atomic E-state index is 0.0272. The van der Waals surface area contributed by atoms with Gasteiger partial charge in [-0.2, -0.15) is 0 Å². The second-order valence-electron chi connectivity index (χ2n) is 4.68. The summed E-state index contributed by atoms with van der Waals surface area (Å²) in [7, 11) is 0. The summed E-state index contributed by atoms with van der Waals surface area (Å²) >= 11 is 0. The lowest BCUT2D eigenvalue weighted by Crippen LogP contribution is -2.33. The number of rotatable bonds is 5. The van der Waals surface area contributed by atoms with Gasteiger partial charge in [0.15, 0.2) is 0 Å². The molecule has 1 atom stereocenters. The van der Waals surface area contributed by atoms with Crippen molar-refractivity contribution in [3.05, 3.63) is 48.0 Å². The van der Waals surface area contributed by atoms with E-state index >= 15 is 0 Å². The summed E-state index contributed by atoms with van der Waals surface area (Å²) in [6.45, 7) is 1.86. The van der Waals surface area contributed by atoms with Crippen LogP contribution in [-0.4, -0.2) is 28.6 Å². The summed E-state index contributed by atoms with van der Waals surface area (Å²) in [5.74, 6) is -0.529. The van der Waals surface area contributed by atoms with Gasteiger partial charge in [-0.05, 0) is 31.0 Å². The first-order valence-corrected chi connectivity index (χ1v) is 6.46. The maximum atomic E-state index is 12.9. The normalized spacial score (nSPS) is 12.2. The Morgan fingerprint density at radius 3 is 2.70 bits per heavy atom. The first kappa shape index (κ1) is 14.3. The maximum Gasteiger partial charge on any atom is 0.253 e. The molecule has 0 saturated carbocycles. The van der Waals surface area contributed by atoms with E-state index in [1.807, 2.05) is 6.92 Å². The highest BCUT2D eigenvalue weighted by molar-refractivity contribution is 6.00. The number of amides is 1. The zero-order valence-corrected chi connectivity index (χ0v) is 11.2. The first-order chi connectivity index (χ1) is 9.61. The fourth-order valence-corrected chi connectivity index (χ4v) is 1.99. The maximum absolute atomic E-state index is 12.9. The van der Waals surface area contributed by atoms with Gasteiger partial charge in [-0.25, -0.2) is 4.39 Å². The molecule has 2 aromatic rings. The summed E-state index contributed by atoms with van der Waals surface area (Å²) in [5, 5.41) is 11.7. The van der Waals surface area contributed by atoms with Gasteiger partial charge in [0, 0.05) is 30.6 Å². The van der Waals surface area contributed by atoms with Crippen molar-refractivity contribution in [3.63, 3.8) is 0 Å². The van der Waals surface area contributed by atoms with Gasteiger partial charge in [0.2, 0.25) is 0 Å². The smallest absolute Gasteiger partial charge is 0.253 e. The molecule has 0 aliphatic heterocycles. The average Bonchev–Trinajstić information content (AvgIpc) is 2.89. The molecule has 0 aliphatic rings. The standard InChI is InChI=1S/C15H17FN2O2/c1-10(6-7-19)18-15(20)14-9-17-8-13(14)11-2-4-12(16)5-3-11/h2-5,8-10,17,19H,6-7H2,1H3,(H,18,20). The third kappa shape index (κ3) is 3.24. The molecule has 2 rings (SSSR count). The van der Waals surface area contributed by atoms with E-state index in [1.54, 1.807) is 24.5 Å². The van der Waals surface area contributed by atoms with Crippen LogP contribution in [0.3, 0.4) is 0 Å². The van der Waals surface area contributed by atoms with E-state index in [-0.39, 0.29) is 24.4 Å². The number of nitrogens with one attached hydrogen (secondary N) is 2. The molecule has 1 aromatic heterocycles. The van der Waals surface area contributed by atoms with E-state index < -0.39 is 0 Å². The molecule has 0 bridgehead atoms. The molecular weight excluding hydrogens is 259 g/mol. The van der Waals surface area contributed by atoms with E-state index in [2.05, 4.69) is 10.3 Å². The van der Waals surface area contributed by atoms with Gasteiger partial charge in [-0.3, -0.25) is 4.79 Å². The van der Waals surface area contributed by atoms with Gasteiger partial charge in [0.05, 0.1) is 5.56 Å². The van der Waals surface area contributed by atoms with Crippen molar-refractivity contribution >= 4 is 5.91 Å². The van der Waals surface area contributed by atoms with Crippen LogP contribution in [0.2, 0.25) is 0 Å². The van der Waals surface area contributed by atoms with Crippen LogP contribution in [0.4, 0.5) is 4.39 Å². The second kappa shape index (κ2) is 6.34. The van der Waals surface area contributed by atoms with Crippen LogP contribution in [0.5, 0.6) is 0 Å². The number of hydrogen-bond donors (Lipinski definition) is 3. The van der Waals surface area contributed by atoms with Gasteiger partial charge in [-0.15, -0.1) is 0 Å². The van der Waals surface area contributed by atoms with Crippen LogP contribution >= 0.6 is 0 Å². The topological polar surface area (TPSA) is 65.1 Å². The third-order valence-electron chi connectivity index (χ3n) is 3.08. The fraction of sp³-hybridized carbons (Fsp3) is 0.267. The molecule has 0 radical (unpaired) electrons. The van der Waals surface area contributed by atoms with E-state index in [9.17, 15) is 9.18 Å². The second-order valence-corrected chi connectivity index (χ2v) is 4.68. The number of H-pyrrole nitrogens is 1. The predicted molar refractivity (Wildman–Crippen MR) is 74.8 cm³/mol. The highest BCUT2D eigenvalue weighted by atomic mass is 19.1. The van der Waals surface area contributed by atoms with E-state index in [0.717, 1.165) is 11.1 Å². The number of carbonyl (C=O) groups excluding carboxylic acids is 1. The molecule has 20 heavy (non-hydrogen) atoms. The summed E-state index contributed by atoms with van der Waals surface area (Å²) in [6.07, 6.45) is 3.82. The Bertz CT molecular complexity index is 578. The highest BCUT2D eigenvalue weighted by Crippen LogP contribution is 2.23. The SMILES string of the molecule is CC(CCO)NC(=O)c1c[nH]cc1-c1ccc(F)cc1. The van der Waals surface area contributed by atoms with E-state index in [1.165, 1.54) is 12.1 Å². The Kier molecular flexibility index (Phi) is 4.53. The molecule has 4 nitrogen and oxygen atoms in total. The zero-order valence-electron chi connectivity index (χ0n) is 11.2. The quantitative estimate of drug-likeness (QED) is 0.784. The lowest BCUT2D eigenvalue weighted by atomic mass is 10.0. The van der Waals surface area contributed by atoms with Crippen molar-refractivity contribution in [2.45, 2.75) is 19.4 Å². The molecule has 3 N–H and O–H groups in total. The van der Waals surface area contributed by atoms with E-state index in [0.29, 0.717) is 12.0 Å². The number of aromatic nitrogens is 1. The molecule has 1 unspecified atom stereocenters. The van der Waals surface area contributed by atoms with Crippen molar-refractivity contribution < 1.29 is 14.3 Å². The molecule has 0 aliphatic carbocycles. The largest absolute Gasteiger partial charge is 0.396 e. The minimum Gasteiger partial charge on any atom is -0.396 e. The van der Waals surface area contributed by atoms with Gasteiger partial charge in [-0.1, -0.05) is 12.1 Å². The number of aromatic amines is 1. The summed E-state index contributed by atoms with van der Waals surface area (Å²) in [4.78, 5) is 15.1. The number of halogens is 1. The van der Waals surface area contributed by atoms with E-state index in [4.69, 9.17) is 5.11 Å². The number of hydrogen-bond acceptors (Lipinski definition) is 2. The lowest BCUT2D eigenvalue weighted by molar-refractivity contribution is 0.0935. The first-order valence-electron chi connectivity index (χ1n) is 6.46. The monoisotopic (exact) mass is 276 g/mol. The van der Waals surface area contributed by atoms with Crippen LogP contribution in [0.25, 0.3) is 11.1 Å². The molecular formula is C15H17FN2O2. The summed E-state index contributed by atoms with van der Waals surface area (Å²) < 4.78 is 12.9. The molecule has 1 amide bonds. The van der Waals surface area contributed by atoms with Crippen molar-refractivity contribution in [3.8, 4) is 11.1 Å². The van der Waals surface area contributed by atoms with Crippen LogP contribution in [0, 0.1) is 5.82 Å². The summed E-state index contributed by atoms with van der Waals surface area (Å²) in [6, 6.07) is 5.87. The number of carbonyl (C=O) groups is 1. The molecule has 5 heteroatoms. The Morgan fingerprint density at radius 1 is 1.35 bits per heavy atom. The van der Waals surface area contributed by atoms with Gasteiger partial charge in [0.25, 0.3) is 5.91 Å². The minimum atomic E-state index is -0.313. The van der Waals surface area contributed by atoms with Crippen LogP contribution in [0.15, 0.2) is 36.7 Å². The van der Waals surface area contributed by atoms with Gasteiger partial charge in [0.1, 0.15) is 5.82 Å². The van der Waals surface area contributed by atoms with Gasteiger partial charge >= 0.3 is 0 Å². The summed E-state index contributed by atoms with van der Waals surface area (Å²) in [5.41, 5.74) is 1.99. The predicted octanol–water partition coefficient (Wildman–Crippen LogP) is 2.32. The molecule has 1 aromatic carbocycles. The molecule has 1 heterocycles. The lowest BCUT2D eigenvalue weighted by Gasteiger charge is -2.12. The van der Waals surface area contributed by atoms with Crippen LogP contribution < -0.4 is 5.32 Å². The number of aliphatic hydroxyl groups is 1. The third-order valence-corrected chi connectivity index (χ3v) is 3.08. The van der Waals surface area contributed by atoms with Crippen LogP contribution in [-0.2, 0) is 0 Å². The zero-order chi connectivity index (χ0) is 14.5. The Balaban J connectivity index is 2.20. The number of aliphatic hydroxyl groups excluding tert-OH is 1. The highest BCUT2D eigenvalue weighted by Gasteiger charge is 2.15. The Labute approximate surface area is 116 Å². The average molecular weight is 276 g/mol. The molecule has 0 spiro atoms. The molecule has 106 valence electrons. The number of benzene rings is 1. The Morgan fingerprint density at radius 2 is 2.05 bits per heavy atom. The van der Waals surface area contributed by atoms with Crippen molar-refractivity contribution in [1.29, 1.82) is 0 Å². The van der Waals surface area contributed by atoms with Crippen molar-refractivity contribution in [1.82, 2.24) is 10.3 Å². The van der Waals surface area contributed by atoms with Gasteiger partial charge < -0.3 is 15.4 Å². The van der Waals surface area contributed by atoms with Crippen molar-refractivity contribution in [2.24, 2.45) is 0 Å². The fourth-order valence-electron chi connectivity index (χ4n) is 1.99. The Hall–Kier alpha value is -2.14. The van der Waals surface area contributed by atoms with Crippen molar-refractivity contribution in [2.75, 3.05) is 6.61 Å². The molecule has 0 saturated heterocycles.